The van der Waals surface area contributed by atoms with E-state index in [-0.39, 0.29) is 11.3 Å². The number of aryl methyl sites for hydroxylation is 1. The van der Waals surface area contributed by atoms with Crippen LogP contribution in [0.5, 0.6) is 5.75 Å². The van der Waals surface area contributed by atoms with Crippen LogP contribution in [0, 0.1) is 0 Å². The van der Waals surface area contributed by atoms with Crippen LogP contribution >= 0.6 is 11.8 Å². The number of hydrogen-bond acceptors (Lipinski definition) is 6. The van der Waals surface area contributed by atoms with Gasteiger partial charge in [-0.05, 0) is 54.3 Å². The van der Waals surface area contributed by atoms with Crippen LogP contribution in [-0.2, 0) is 7.05 Å². The Balaban J connectivity index is 1.76. The van der Waals surface area contributed by atoms with Crippen molar-refractivity contribution in [3.63, 3.8) is 0 Å². The minimum absolute atomic E-state index is 0.00310. The van der Waals surface area contributed by atoms with E-state index < -0.39 is 6.61 Å². The highest BCUT2D eigenvalue weighted by Crippen LogP contribution is 2.27. The van der Waals surface area contributed by atoms with Crippen molar-refractivity contribution < 1.29 is 13.5 Å². The van der Waals surface area contributed by atoms with Gasteiger partial charge in [0.25, 0.3) is 5.56 Å². The van der Waals surface area contributed by atoms with Gasteiger partial charge in [-0.25, -0.2) is 15.0 Å². The van der Waals surface area contributed by atoms with Crippen molar-refractivity contribution in [2.45, 2.75) is 11.8 Å². The van der Waals surface area contributed by atoms with E-state index in [9.17, 15) is 13.6 Å². The quantitative estimate of drug-likeness (QED) is 0.278. The van der Waals surface area contributed by atoms with Crippen LogP contribution in [0.25, 0.3) is 38.9 Å². The molecule has 10 heteroatoms. The average molecular weight is 465 g/mol. The zero-order valence-electron chi connectivity index (χ0n) is 17.6. The number of nitrogens with zero attached hydrogens (tertiary/aromatic N) is 5. The lowest BCUT2D eigenvalue weighted by Crippen LogP contribution is -2.21. The molecular formula is C23H17F2N5O2S. The summed E-state index contributed by atoms with van der Waals surface area (Å²) in [5, 5.41) is 1.18. The number of benzene rings is 2. The number of aromatic nitrogens is 5. The second-order valence-electron chi connectivity index (χ2n) is 7.27. The molecule has 2 aromatic carbocycles. The summed E-state index contributed by atoms with van der Waals surface area (Å²) in [4.78, 5) is 26.9. The molecule has 0 saturated carbocycles. The van der Waals surface area contributed by atoms with Crippen molar-refractivity contribution in [1.29, 1.82) is 0 Å². The maximum absolute atomic E-state index is 13.7. The molecule has 0 aliphatic rings. The molecule has 0 aliphatic carbocycles. The summed E-state index contributed by atoms with van der Waals surface area (Å²) < 4.78 is 32.9. The van der Waals surface area contributed by atoms with Gasteiger partial charge in [-0.15, -0.1) is 0 Å². The van der Waals surface area contributed by atoms with Gasteiger partial charge in [0.1, 0.15) is 5.75 Å². The molecule has 0 spiro atoms. The summed E-state index contributed by atoms with van der Waals surface area (Å²) in [6.07, 6.45) is 5.23. The monoisotopic (exact) mass is 465 g/mol. The van der Waals surface area contributed by atoms with Gasteiger partial charge >= 0.3 is 6.61 Å². The number of rotatable bonds is 5. The first kappa shape index (κ1) is 21.1. The zero-order chi connectivity index (χ0) is 23.1. The molecule has 5 aromatic rings. The van der Waals surface area contributed by atoms with Crippen LogP contribution in [0.3, 0.4) is 0 Å². The molecule has 166 valence electrons. The van der Waals surface area contributed by atoms with Crippen LogP contribution in [0.1, 0.15) is 0 Å². The molecule has 0 N–H and O–H groups in total. The fraction of sp³-hybridized carbons (Fsp3) is 0.130. The molecule has 0 unspecified atom stereocenters. The highest BCUT2D eigenvalue weighted by Gasteiger charge is 2.16. The van der Waals surface area contributed by atoms with Crippen LogP contribution in [0.2, 0.25) is 0 Å². The van der Waals surface area contributed by atoms with E-state index >= 15 is 0 Å². The number of imidazole rings is 1. The topological polar surface area (TPSA) is 74.8 Å². The van der Waals surface area contributed by atoms with Crippen molar-refractivity contribution in [3.8, 4) is 22.6 Å². The van der Waals surface area contributed by atoms with Crippen LogP contribution in [0.4, 0.5) is 8.78 Å². The number of halogens is 2. The summed E-state index contributed by atoms with van der Waals surface area (Å²) in [6.45, 7) is -2.93. The van der Waals surface area contributed by atoms with Crippen molar-refractivity contribution in [3.05, 3.63) is 71.4 Å². The number of alkyl halides is 2. The molecule has 7 nitrogen and oxygen atoms in total. The molecular weight excluding hydrogens is 448 g/mol. The van der Waals surface area contributed by atoms with Crippen molar-refractivity contribution >= 4 is 33.8 Å². The first-order valence-electron chi connectivity index (χ1n) is 9.88. The van der Waals surface area contributed by atoms with Gasteiger partial charge in [0.15, 0.2) is 10.8 Å². The maximum Gasteiger partial charge on any atom is 0.387 e. The second-order valence-corrected chi connectivity index (χ2v) is 8.04. The van der Waals surface area contributed by atoms with E-state index in [1.165, 1.54) is 28.5 Å². The van der Waals surface area contributed by atoms with E-state index in [2.05, 4.69) is 19.7 Å². The molecule has 0 atom stereocenters. The third-order valence-corrected chi connectivity index (χ3v) is 5.82. The van der Waals surface area contributed by atoms with Gasteiger partial charge in [0.2, 0.25) is 0 Å². The molecule has 0 radical (unpaired) electrons. The summed E-state index contributed by atoms with van der Waals surface area (Å²) in [5.74, 6) is 0.00310. The number of thioether (sulfide) groups is 1. The summed E-state index contributed by atoms with van der Waals surface area (Å²) in [5.41, 5.74) is 3.49. The Bertz CT molecular complexity index is 1550. The van der Waals surface area contributed by atoms with E-state index in [1.807, 2.05) is 36.1 Å². The Kier molecular flexibility index (Phi) is 5.29. The highest BCUT2D eigenvalue weighted by molar-refractivity contribution is 7.98. The van der Waals surface area contributed by atoms with Gasteiger partial charge in [-0.3, -0.25) is 9.36 Å². The smallest absolute Gasteiger partial charge is 0.387 e. The molecule has 5 rings (SSSR count). The van der Waals surface area contributed by atoms with E-state index in [0.717, 1.165) is 16.6 Å². The molecule has 0 aliphatic heterocycles. The Labute approximate surface area is 190 Å². The molecule has 3 aromatic heterocycles. The number of hydrogen-bond donors (Lipinski definition) is 0. The fourth-order valence-electron chi connectivity index (χ4n) is 3.70. The van der Waals surface area contributed by atoms with Crippen LogP contribution in [0.15, 0.2) is 71.0 Å². The lowest BCUT2D eigenvalue weighted by molar-refractivity contribution is -0.0498. The van der Waals surface area contributed by atoms with Crippen molar-refractivity contribution in [2.75, 3.05) is 6.26 Å². The summed E-state index contributed by atoms with van der Waals surface area (Å²) in [6, 6.07) is 13.3. The Morgan fingerprint density at radius 1 is 1.06 bits per heavy atom. The van der Waals surface area contributed by atoms with Gasteiger partial charge in [-0.1, -0.05) is 17.8 Å². The average Bonchev–Trinajstić information content (AvgIpc) is 3.19. The first-order valence-corrected chi connectivity index (χ1v) is 11.1. The first-order chi connectivity index (χ1) is 15.9. The standard InChI is InChI=1S/C23H17F2N5O2S/c1-29-12-27-18-8-3-13(10-19(18)29)17-9-14-11-26-23(33-2)28-20(14)30(21(17)31)15-4-6-16(7-5-15)32-22(24)25/h3-12,22H,1-2H3. The van der Waals surface area contributed by atoms with E-state index in [1.54, 1.807) is 30.7 Å². The molecule has 0 amide bonds. The third kappa shape index (κ3) is 3.82. The van der Waals surface area contributed by atoms with Crippen molar-refractivity contribution in [2.24, 2.45) is 7.05 Å². The third-order valence-electron chi connectivity index (χ3n) is 5.26. The van der Waals surface area contributed by atoms with Crippen LogP contribution < -0.4 is 10.3 Å². The Hall–Kier alpha value is -3.79. The molecule has 0 fully saturated rings. The number of pyridine rings is 1. The molecule has 3 heterocycles. The number of fused-ring (bicyclic) bond motifs is 2. The lowest BCUT2D eigenvalue weighted by Gasteiger charge is -2.14. The van der Waals surface area contributed by atoms with Crippen molar-refractivity contribution in [1.82, 2.24) is 24.1 Å². The van der Waals surface area contributed by atoms with E-state index in [4.69, 9.17) is 0 Å². The Morgan fingerprint density at radius 3 is 2.58 bits per heavy atom. The number of ether oxygens (including phenoxy) is 1. The Morgan fingerprint density at radius 2 is 1.85 bits per heavy atom. The zero-order valence-corrected chi connectivity index (χ0v) is 18.4. The molecule has 0 bridgehead atoms. The predicted octanol–water partition coefficient (Wildman–Crippen LogP) is 4.66. The SMILES string of the molecule is CSc1ncc2cc(-c3ccc4ncn(C)c4c3)c(=O)n(-c3ccc(OC(F)F)cc3)c2n1. The van der Waals surface area contributed by atoms with Gasteiger partial charge in [-0.2, -0.15) is 8.78 Å². The summed E-state index contributed by atoms with van der Waals surface area (Å²) in [7, 11) is 1.89. The highest BCUT2D eigenvalue weighted by atomic mass is 32.2. The molecule has 33 heavy (non-hydrogen) atoms. The van der Waals surface area contributed by atoms with E-state index in [0.29, 0.717) is 27.4 Å². The lowest BCUT2D eigenvalue weighted by atomic mass is 10.0. The van der Waals surface area contributed by atoms with Gasteiger partial charge in [0, 0.05) is 24.2 Å². The van der Waals surface area contributed by atoms with Crippen LogP contribution in [-0.4, -0.2) is 37.0 Å². The normalized spacial score (nSPS) is 11.5. The minimum atomic E-state index is -2.93. The van der Waals surface area contributed by atoms with Gasteiger partial charge < -0.3 is 9.30 Å². The second kappa shape index (κ2) is 8.28. The minimum Gasteiger partial charge on any atom is -0.435 e. The fourth-order valence-corrected chi connectivity index (χ4v) is 4.03. The summed E-state index contributed by atoms with van der Waals surface area (Å²) >= 11 is 1.36. The predicted molar refractivity (Wildman–Crippen MR) is 123 cm³/mol. The molecule has 0 saturated heterocycles. The largest absolute Gasteiger partial charge is 0.435 e. The van der Waals surface area contributed by atoms with Gasteiger partial charge in [0.05, 0.1) is 23.0 Å². The maximum atomic E-state index is 13.7.